The van der Waals surface area contributed by atoms with Crippen molar-refractivity contribution in [1.29, 1.82) is 0 Å². The standard InChI is InChI=1S/C19H30N2O4/c1-6-7-12-21(5)17(23)16(20-18(24)25-19(2,3)4)13-14-8-10-15(22)11-9-14/h8-11,16,22H,6-7,12-13H2,1-5H3,(H,20,24)/t16-/m0/s1. The number of phenolic OH excluding ortho intramolecular Hbond substituents is 1. The number of likely N-dealkylation sites (N-methyl/N-ethyl adjacent to an activating group) is 1. The van der Waals surface area contributed by atoms with E-state index < -0.39 is 17.7 Å². The molecule has 1 atom stereocenters. The van der Waals surface area contributed by atoms with Gasteiger partial charge < -0.3 is 20.1 Å². The molecule has 140 valence electrons. The van der Waals surface area contributed by atoms with Crippen LogP contribution in [0.15, 0.2) is 24.3 Å². The van der Waals surface area contributed by atoms with E-state index in [1.807, 2.05) is 0 Å². The van der Waals surface area contributed by atoms with Gasteiger partial charge in [0.15, 0.2) is 0 Å². The Balaban J connectivity index is 2.86. The number of ether oxygens (including phenoxy) is 1. The summed E-state index contributed by atoms with van der Waals surface area (Å²) in [6.07, 6.45) is 1.60. The minimum absolute atomic E-state index is 0.159. The van der Waals surface area contributed by atoms with Crippen LogP contribution in [0.3, 0.4) is 0 Å². The van der Waals surface area contributed by atoms with Crippen LogP contribution in [-0.4, -0.2) is 47.2 Å². The Morgan fingerprint density at radius 1 is 1.24 bits per heavy atom. The molecule has 2 amide bonds. The topological polar surface area (TPSA) is 78.9 Å². The van der Waals surface area contributed by atoms with Crippen LogP contribution in [0.2, 0.25) is 0 Å². The highest BCUT2D eigenvalue weighted by Gasteiger charge is 2.26. The third-order valence-corrected chi connectivity index (χ3v) is 3.59. The quantitative estimate of drug-likeness (QED) is 0.792. The van der Waals surface area contributed by atoms with Gasteiger partial charge in [0.25, 0.3) is 0 Å². The molecule has 0 aliphatic heterocycles. The number of nitrogens with one attached hydrogen (secondary N) is 1. The van der Waals surface area contributed by atoms with Crippen molar-refractivity contribution in [3.63, 3.8) is 0 Å². The highest BCUT2D eigenvalue weighted by atomic mass is 16.6. The number of alkyl carbamates (subject to hydrolysis) is 1. The second kappa shape index (κ2) is 9.30. The van der Waals surface area contributed by atoms with Gasteiger partial charge in [-0.3, -0.25) is 4.79 Å². The van der Waals surface area contributed by atoms with E-state index in [9.17, 15) is 14.7 Å². The molecular formula is C19H30N2O4. The molecule has 0 radical (unpaired) electrons. The molecule has 1 rings (SSSR count). The lowest BCUT2D eigenvalue weighted by molar-refractivity contribution is -0.132. The first kappa shape index (κ1) is 20.8. The lowest BCUT2D eigenvalue weighted by Gasteiger charge is -2.26. The number of unbranched alkanes of at least 4 members (excludes halogenated alkanes) is 1. The van der Waals surface area contributed by atoms with Gasteiger partial charge in [-0.05, 0) is 44.9 Å². The maximum atomic E-state index is 12.7. The predicted molar refractivity (Wildman–Crippen MR) is 97.5 cm³/mol. The lowest BCUT2D eigenvalue weighted by atomic mass is 10.0. The van der Waals surface area contributed by atoms with Crippen LogP contribution in [0.1, 0.15) is 46.1 Å². The van der Waals surface area contributed by atoms with Gasteiger partial charge in [0.05, 0.1) is 0 Å². The molecule has 25 heavy (non-hydrogen) atoms. The van der Waals surface area contributed by atoms with E-state index in [0.717, 1.165) is 18.4 Å². The largest absolute Gasteiger partial charge is 0.508 e. The Kier molecular flexibility index (Phi) is 7.74. The Hall–Kier alpha value is -2.24. The summed E-state index contributed by atoms with van der Waals surface area (Å²) in [6, 6.07) is 5.87. The maximum absolute atomic E-state index is 12.7. The van der Waals surface area contributed by atoms with Crippen LogP contribution in [0, 0.1) is 0 Å². The zero-order chi connectivity index (χ0) is 19.0. The van der Waals surface area contributed by atoms with Gasteiger partial charge in [0.1, 0.15) is 17.4 Å². The summed E-state index contributed by atoms with van der Waals surface area (Å²) in [5, 5.41) is 12.1. The molecule has 1 aromatic carbocycles. The van der Waals surface area contributed by atoms with E-state index in [0.29, 0.717) is 13.0 Å². The molecule has 2 N–H and O–H groups in total. The maximum Gasteiger partial charge on any atom is 0.408 e. The molecule has 1 aromatic rings. The molecule has 0 aromatic heterocycles. The Labute approximate surface area is 150 Å². The van der Waals surface area contributed by atoms with Gasteiger partial charge in [-0.2, -0.15) is 0 Å². The fraction of sp³-hybridized carbons (Fsp3) is 0.579. The summed E-state index contributed by atoms with van der Waals surface area (Å²) in [6.45, 7) is 8.02. The molecule has 0 heterocycles. The molecule has 6 nitrogen and oxygen atoms in total. The Morgan fingerprint density at radius 3 is 2.36 bits per heavy atom. The first-order valence-electron chi connectivity index (χ1n) is 8.64. The van der Waals surface area contributed by atoms with Crippen LogP contribution in [-0.2, 0) is 16.0 Å². The van der Waals surface area contributed by atoms with Gasteiger partial charge in [-0.1, -0.05) is 25.5 Å². The summed E-state index contributed by atoms with van der Waals surface area (Å²) >= 11 is 0. The van der Waals surface area contributed by atoms with Crippen molar-refractivity contribution in [2.45, 2.75) is 58.6 Å². The number of carbonyl (C=O) groups is 2. The van der Waals surface area contributed by atoms with Crippen molar-refractivity contribution in [3.05, 3.63) is 29.8 Å². The predicted octanol–water partition coefficient (Wildman–Crippen LogP) is 3.09. The monoisotopic (exact) mass is 350 g/mol. The molecule has 6 heteroatoms. The summed E-state index contributed by atoms with van der Waals surface area (Å²) in [4.78, 5) is 26.5. The molecule has 0 aliphatic rings. The summed E-state index contributed by atoms with van der Waals surface area (Å²) in [5.41, 5.74) is 0.209. The molecule has 0 bridgehead atoms. The van der Waals surface area contributed by atoms with Gasteiger partial charge >= 0.3 is 6.09 Å². The molecule has 0 saturated carbocycles. The molecule has 0 saturated heterocycles. The van der Waals surface area contributed by atoms with E-state index >= 15 is 0 Å². The van der Waals surface area contributed by atoms with Crippen LogP contribution in [0.5, 0.6) is 5.75 Å². The van der Waals surface area contributed by atoms with Gasteiger partial charge in [-0.25, -0.2) is 4.79 Å². The minimum Gasteiger partial charge on any atom is -0.508 e. The van der Waals surface area contributed by atoms with Crippen LogP contribution in [0.4, 0.5) is 4.79 Å². The number of amides is 2. The highest BCUT2D eigenvalue weighted by Crippen LogP contribution is 2.13. The zero-order valence-corrected chi connectivity index (χ0v) is 15.8. The summed E-state index contributed by atoms with van der Waals surface area (Å²) in [5.74, 6) is -0.000763. The normalized spacial score (nSPS) is 12.4. The average molecular weight is 350 g/mol. The van der Waals surface area contributed by atoms with E-state index in [-0.39, 0.29) is 11.7 Å². The van der Waals surface area contributed by atoms with Crippen molar-refractivity contribution in [1.82, 2.24) is 10.2 Å². The molecule has 0 aliphatic carbocycles. The number of phenols is 1. The number of hydrogen-bond acceptors (Lipinski definition) is 4. The van der Waals surface area contributed by atoms with Crippen molar-refractivity contribution in [2.75, 3.05) is 13.6 Å². The number of rotatable bonds is 7. The van der Waals surface area contributed by atoms with Gasteiger partial charge in [-0.15, -0.1) is 0 Å². The van der Waals surface area contributed by atoms with Crippen LogP contribution >= 0.6 is 0 Å². The van der Waals surface area contributed by atoms with Crippen molar-refractivity contribution in [2.24, 2.45) is 0 Å². The van der Waals surface area contributed by atoms with Gasteiger partial charge in [0.2, 0.25) is 5.91 Å². The number of hydrogen-bond donors (Lipinski definition) is 2. The van der Waals surface area contributed by atoms with E-state index in [1.54, 1.807) is 57.0 Å². The minimum atomic E-state index is -0.721. The number of benzene rings is 1. The second-order valence-corrected chi connectivity index (χ2v) is 7.18. The van der Waals surface area contributed by atoms with E-state index in [4.69, 9.17) is 4.74 Å². The highest BCUT2D eigenvalue weighted by molar-refractivity contribution is 5.85. The number of nitrogens with zero attached hydrogens (tertiary/aromatic N) is 1. The SMILES string of the molecule is CCCCN(C)C(=O)[C@H](Cc1ccc(O)cc1)NC(=O)OC(C)(C)C. The fourth-order valence-corrected chi connectivity index (χ4v) is 2.29. The first-order valence-corrected chi connectivity index (χ1v) is 8.64. The summed E-state index contributed by atoms with van der Waals surface area (Å²) < 4.78 is 5.28. The average Bonchev–Trinajstić information content (AvgIpc) is 2.51. The first-order chi connectivity index (χ1) is 11.6. The second-order valence-electron chi connectivity index (χ2n) is 7.18. The molecule has 0 unspecified atom stereocenters. The lowest BCUT2D eigenvalue weighted by Crippen LogP contribution is -2.50. The van der Waals surface area contributed by atoms with E-state index in [2.05, 4.69) is 12.2 Å². The Bertz CT molecular complexity index is 564. The molecule has 0 fully saturated rings. The van der Waals surface area contributed by atoms with Crippen molar-refractivity contribution >= 4 is 12.0 Å². The van der Waals surface area contributed by atoms with Crippen molar-refractivity contribution < 1.29 is 19.4 Å². The van der Waals surface area contributed by atoms with Crippen molar-refractivity contribution in [3.8, 4) is 5.75 Å². The fourth-order valence-electron chi connectivity index (χ4n) is 2.29. The molecular weight excluding hydrogens is 320 g/mol. The van der Waals surface area contributed by atoms with E-state index in [1.165, 1.54) is 0 Å². The smallest absolute Gasteiger partial charge is 0.408 e. The third-order valence-electron chi connectivity index (χ3n) is 3.59. The van der Waals surface area contributed by atoms with Crippen LogP contribution in [0.25, 0.3) is 0 Å². The zero-order valence-electron chi connectivity index (χ0n) is 15.8. The Morgan fingerprint density at radius 2 is 1.84 bits per heavy atom. The number of aromatic hydroxyl groups is 1. The number of carbonyl (C=O) groups excluding carboxylic acids is 2. The third kappa shape index (κ3) is 7.92. The summed E-state index contributed by atoms with van der Waals surface area (Å²) in [7, 11) is 1.73. The van der Waals surface area contributed by atoms with Gasteiger partial charge in [0, 0.05) is 20.0 Å². The van der Waals surface area contributed by atoms with Crippen LogP contribution < -0.4 is 5.32 Å². The molecule has 0 spiro atoms.